The van der Waals surface area contributed by atoms with Gasteiger partial charge < -0.3 is 25.2 Å². The number of piperidine rings is 2. The molecule has 2 aliphatic heterocycles. The third-order valence-electron chi connectivity index (χ3n) is 8.05. The zero-order chi connectivity index (χ0) is 29.6. The lowest BCUT2D eigenvalue weighted by molar-refractivity contribution is 0.0702. The molecule has 2 saturated heterocycles. The van der Waals surface area contributed by atoms with Gasteiger partial charge in [-0.3, -0.25) is 0 Å². The minimum absolute atomic E-state index is 0.0240. The Balaban J connectivity index is 1.24. The SMILES string of the molecule is COC(=O)N1CC[C@@H](NC(=O)Nc2cc(Br)cc(-c3nnnn3C)c2)[C@H](CN2CCC[C@@H](Cc3ccc(F)cc3)C2)C1. The van der Waals surface area contributed by atoms with Crippen molar-refractivity contribution in [3.05, 3.63) is 58.3 Å². The number of anilines is 1. The van der Waals surface area contributed by atoms with Crippen LogP contribution in [-0.2, 0) is 18.2 Å². The molecule has 3 amide bonds. The molecule has 3 heterocycles. The van der Waals surface area contributed by atoms with Crippen LogP contribution in [0.25, 0.3) is 11.4 Å². The first kappa shape index (κ1) is 29.9. The smallest absolute Gasteiger partial charge is 0.409 e. The largest absolute Gasteiger partial charge is 0.453 e. The fraction of sp³-hybridized carbons (Fsp3) is 0.483. The van der Waals surface area contributed by atoms with Crippen molar-refractivity contribution < 1.29 is 18.7 Å². The summed E-state index contributed by atoms with van der Waals surface area (Å²) in [5, 5.41) is 17.8. The molecular formula is C29H36BrFN8O3. The number of rotatable bonds is 7. The number of hydrogen-bond acceptors (Lipinski definition) is 7. The van der Waals surface area contributed by atoms with Crippen LogP contribution in [0.5, 0.6) is 0 Å². The van der Waals surface area contributed by atoms with E-state index in [9.17, 15) is 14.0 Å². The number of ether oxygens (including phenoxy) is 1. The van der Waals surface area contributed by atoms with Gasteiger partial charge in [-0.25, -0.2) is 18.7 Å². The van der Waals surface area contributed by atoms with E-state index in [1.54, 1.807) is 16.6 Å². The monoisotopic (exact) mass is 642 g/mol. The number of hydrogen-bond donors (Lipinski definition) is 2. The zero-order valence-electron chi connectivity index (χ0n) is 23.8. The second-order valence-corrected chi connectivity index (χ2v) is 12.0. The van der Waals surface area contributed by atoms with Gasteiger partial charge in [-0.2, -0.15) is 0 Å². The van der Waals surface area contributed by atoms with Gasteiger partial charge in [0, 0.05) is 60.9 Å². The number of likely N-dealkylation sites (tertiary alicyclic amines) is 2. The van der Waals surface area contributed by atoms with E-state index in [-0.39, 0.29) is 29.9 Å². The fourth-order valence-electron chi connectivity index (χ4n) is 6.07. The quantitative estimate of drug-likeness (QED) is 0.394. The Labute approximate surface area is 252 Å². The number of halogens is 2. The molecule has 1 aromatic heterocycles. The Morgan fingerprint density at radius 1 is 1.12 bits per heavy atom. The molecule has 0 unspecified atom stereocenters. The van der Waals surface area contributed by atoms with E-state index in [1.807, 2.05) is 30.3 Å². The Bertz CT molecular complexity index is 1390. The van der Waals surface area contributed by atoms with Crippen LogP contribution in [-0.4, -0.2) is 88.0 Å². The second-order valence-electron chi connectivity index (χ2n) is 11.1. The van der Waals surface area contributed by atoms with E-state index in [2.05, 4.69) is 47.0 Å². The Kier molecular flexibility index (Phi) is 9.68. The summed E-state index contributed by atoms with van der Waals surface area (Å²) in [6, 6.07) is 11.8. The molecule has 2 aromatic carbocycles. The lowest BCUT2D eigenvalue weighted by atomic mass is 9.88. The molecular weight excluding hydrogens is 607 g/mol. The fourth-order valence-corrected chi connectivity index (χ4v) is 6.57. The number of aryl methyl sites for hydroxylation is 1. The first-order valence-electron chi connectivity index (χ1n) is 14.2. The maximum absolute atomic E-state index is 13.4. The highest BCUT2D eigenvalue weighted by Crippen LogP contribution is 2.27. The predicted octanol–water partition coefficient (Wildman–Crippen LogP) is 4.31. The number of methoxy groups -OCH3 is 1. The summed E-state index contributed by atoms with van der Waals surface area (Å²) in [4.78, 5) is 29.8. The van der Waals surface area contributed by atoms with Crippen molar-refractivity contribution in [3.8, 4) is 11.4 Å². The van der Waals surface area contributed by atoms with Gasteiger partial charge in [0.1, 0.15) is 5.82 Å². The highest BCUT2D eigenvalue weighted by molar-refractivity contribution is 9.10. The molecule has 0 saturated carbocycles. The number of tetrazole rings is 1. The molecule has 42 heavy (non-hydrogen) atoms. The summed E-state index contributed by atoms with van der Waals surface area (Å²) in [5.41, 5.74) is 2.50. The summed E-state index contributed by atoms with van der Waals surface area (Å²) < 4.78 is 20.7. The van der Waals surface area contributed by atoms with Gasteiger partial charge in [-0.1, -0.05) is 28.1 Å². The van der Waals surface area contributed by atoms with Crippen molar-refractivity contribution in [1.29, 1.82) is 0 Å². The van der Waals surface area contributed by atoms with Gasteiger partial charge in [0.15, 0.2) is 5.82 Å². The average molecular weight is 644 g/mol. The molecule has 2 fully saturated rings. The topological polar surface area (TPSA) is 118 Å². The van der Waals surface area contributed by atoms with Crippen LogP contribution in [0.2, 0.25) is 0 Å². The highest BCUT2D eigenvalue weighted by atomic mass is 79.9. The summed E-state index contributed by atoms with van der Waals surface area (Å²) >= 11 is 3.51. The lowest BCUT2D eigenvalue weighted by Crippen LogP contribution is -2.56. The minimum atomic E-state index is -0.351. The Hall–Kier alpha value is -3.58. The number of urea groups is 1. The van der Waals surface area contributed by atoms with Crippen LogP contribution in [0.4, 0.5) is 19.7 Å². The van der Waals surface area contributed by atoms with Gasteiger partial charge in [0.2, 0.25) is 0 Å². The van der Waals surface area contributed by atoms with Crippen molar-refractivity contribution in [2.45, 2.75) is 31.7 Å². The minimum Gasteiger partial charge on any atom is -0.453 e. The van der Waals surface area contributed by atoms with E-state index < -0.39 is 0 Å². The van der Waals surface area contributed by atoms with Crippen LogP contribution < -0.4 is 10.6 Å². The molecule has 0 radical (unpaired) electrons. The maximum Gasteiger partial charge on any atom is 0.409 e. The summed E-state index contributed by atoms with van der Waals surface area (Å²) in [5.74, 6) is 0.849. The van der Waals surface area contributed by atoms with Crippen molar-refractivity contribution in [2.75, 3.05) is 45.2 Å². The van der Waals surface area contributed by atoms with E-state index in [0.29, 0.717) is 36.9 Å². The van der Waals surface area contributed by atoms with Crippen molar-refractivity contribution >= 4 is 33.7 Å². The van der Waals surface area contributed by atoms with Crippen molar-refractivity contribution in [1.82, 2.24) is 35.3 Å². The molecule has 0 bridgehead atoms. The van der Waals surface area contributed by atoms with E-state index in [1.165, 1.54) is 19.2 Å². The van der Waals surface area contributed by atoms with Gasteiger partial charge in [0.05, 0.1) is 7.11 Å². The van der Waals surface area contributed by atoms with E-state index in [0.717, 1.165) is 54.5 Å². The third kappa shape index (κ3) is 7.62. The number of aromatic nitrogens is 4. The number of amides is 3. The Morgan fingerprint density at radius 3 is 2.67 bits per heavy atom. The van der Waals surface area contributed by atoms with E-state index >= 15 is 0 Å². The van der Waals surface area contributed by atoms with Crippen LogP contribution >= 0.6 is 15.9 Å². The molecule has 5 rings (SSSR count). The van der Waals surface area contributed by atoms with E-state index in [4.69, 9.17) is 4.74 Å². The Morgan fingerprint density at radius 2 is 1.93 bits per heavy atom. The highest BCUT2D eigenvalue weighted by Gasteiger charge is 2.35. The molecule has 224 valence electrons. The normalized spacial score (nSPS) is 21.1. The molecule has 2 aliphatic rings. The number of carbonyl (C=O) groups excluding carboxylic acids is 2. The number of nitrogens with one attached hydrogen (secondary N) is 2. The zero-order valence-corrected chi connectivity index (χ0v) is 25.4. The van der Waals surface area contributed by atoms with Gasteiger partial charge in [-0.05, 0) is 84.5 Å². The van der Waals surface area contributed by atoms with Gasteiger partial charge in [-0.15, -0.1) is 5.10 Å². The molecule has 0 aliphatic carbocycles. The van der Waals surface area contributed by atoms with Crippen molar-refractivity contribution in [3.63, 3.8) is 0 Å². The summed E-state index contributed by atoms with van der Waals surface area (Å²) in [7, 11) is 3.15. The standard InChI is InChI=1S/C29H36BrFN8O3/c1-37-27(34-35-36-37)21-13-23(30)15-25(14-21)32-28(40)33-26-9-11-39(29(41)42-2)18-22(26)17-38-10-3-4-20(16-38)12-19-5-7-24(31)8-6-19/h5-8,13-15,20,22,26H,3-4,9-12,16-18H2,1-2H3,(H2,32,33,40)/t20-,22+,26+/m0/s1. The lowest BCUT2D eigenvalue weighted by Gasteiger charge is -2.42. The van der Waals surface area contributed by atoms with Gasteiger partial charge in [0.25, 0.3) is 0 Å². The average Bonchev–Trinajstić information content (AvgIpc) is 3.40. The number of carbonyl (C=O) groups is 2. The number of benzene rings is 2. The maximum atomic E-state index is 13.4. The summed E-state index contributed by atoms with van der Waals surface area (Å²) in [6.45, 7) is 3.63. The van der Waals surface area contributed by atoms with Crippen LogP contribution in [0, 0.1) is 17.7 Å². The first-order valence-corrected chi connectivity index (χ1v) is 15.0. The first-order chi connectivity index (χ1) is 20.3. The summed E-state index contributed by atoms with van der Waals surface area (Å²) in [6.07, 6.45) is 3.36. The van der Waals surface area contributed by atoms with Crippen molar-refractivity contribution in [2.24, 2.45) is 18.9 Å². The molecule has 2 N–H and O–H groups in total. The van der Waals surface area contributed by atoms with Crippen LogP contribution in [0.15, 0.2) is 46.9 Å². The molecule has 3 aromatic rings. The van der Waals surface area contributed by atoms with Crippen LogP contribution in [0.3, 0.4) is 0 Å². The molecule has 0 spiro atoms. The van der Waals surface area contributed by atoms with Gasteiger partial charge >= 0.3 is 12.1 Å². The second kappa shape index (κ2) is 13.6. The van der Waals surface area contributed by atoms with Crippen LogP contribution in [0.1, 0.15) is 24.8 Å². The number of nitrogens with zero attached hydrogens (tertiary/aromatic N) is 6. The molecule has 3 atom stereocenters. The molecule has 11 nitrogen and oxygen atoms in total. The predicted molar refractivity (Wildman–Crippen MR) is 159 cm³/mol. The third-order valence-corrected chi connectivity index (χ3v) is 8.51. The molecule has 13 heteroatoms.